The SMILES string of the molecule is CCCc1cc(C(=O)O)cc(OCC2CCCCO2)n1. The van der Waals surface area contributed by atoms with Gasteiger partial charge in [0.2, 0.25) is 5.88 Å². The first-order chi connectivity index (χ1) is 9.69. The van der Waals surface area contributed by atoms with Gasteiger partial charge in [0.05, 0.1) is 11.7 Å². The van der Waals surface area contributed by atoms with Crippen molar-refractivity contribution in [3.05, 3.63) is 23.4 Å². The first-order valence-corrected chi connectivity index (χ1v) is 7.17. The molecule has 1 unspecified atom stereocenters. The predicted octanol–water partition coefficient (Wildman–Crippen LogP) is 2.68. The van der Waals surface area contributed by atoms with Gasteiger partial charge in [-0.15, -0.1) is 0 Å². The van der Waals surface area contributed by atoms with Gasteiger partial charge in [0, 0.05) is 18.4 Å². The third-order valence-corrected chi connectivity index (χ3v) is 3.30. The molecule has 0 bridgehead atoms. The molecule has 0 radical (unpaired) electrons. The highest BCUT2D eigenvalue weighted by molar-refractivity contribution is 5.88. The molecule has 1 N–H and O–H groups in total. The van der Waals surface area contributed by atoms with Gasteiger partial charge in [0.15, 0.2) is 0 Å². The highest BCUT2D eigenvalue weighted by atomic mass is 16.5. The van der Waals surface area contributed by atoms with Gasteiger partial charge in [-0.2, -0.15) is 0 Å². The number of carbonyl (C=O) groups is 1. The average Bonchev–Trinajstić information content (AvgIpc) is 2.46. The van der Waals surface area contributed by atoms with Crippen molar-refractivity contribution in [3.8, 4) is 5.88 Å². The van der Waals surface area contributed by atoms with Crippen LogP contribution in [0, 0.1) is 0 Å². The maximum Gasteiger partial charge on any atom is 0.335 e. The highest BCUT2D eigenvalue weighted by Crippen LogP contribution is 2.17. The molecule has 1 aromatic heterocycles. The van der Waals surface area contributed by atoms with Gasteiger partial charge in [0.25, 0.3) is 0 Å². The van der Waals surface area contributed by atoms with Crippen molar-refractivity contribution >= 4 is 5.97 Å². The van der Waals surface area contributed by atoms with Crippen molar-refractivity contribution in [1.29, 1.82) is 0 Å². The second-order valence-corrected chi connectivity index (χ2v) is 5.04. The number of hydrogen-bond donors (Lipinski definition) is 1. The van der Waals surface area contributed by atoms with Crippen LogP contribution in [0.15, 0.2) is 12.1 Å². The molecule has 0 aromatic carbocycles. The van der Waals surface area contributed by atoms with E-state index in [2.05, 4.69) is 4.98 Å². The van der Waals surface area contributed by atoms with Crippen molar-refractivity contribution < 1.29 is 19.4 Å². The van der Waals surface area contributed by atoms with Crippen LogP contribution in [0.1, 0.15) is 48.7 Å². The normalized spacial score (nSPS) is 18.8. The van der Waals surface area contributed by atoms with Crippen LogP contribution in [0.2, 0.25) is 0 Å². The quantitative estimate of drug-likeness (QED) is 0.867. The Balaban J connectivity index is 2.03. The molecule has 1 aliphatic heterocycles. The summed E-state index contributed by atoms with van der Waals surface area (Å²) in [6.45, 7) is 3.24. The first kappa shape index (κ1) is 14.8. The van der Waals surface area contributed by atoms with Gasteiger partial charge in [-0.05, 0) is 31.7 Å². The number of aromatic nitrogens is 1. The van der Waals surface area contributed by atoms with E-state index in [0.29, 0.717) is 12.5 Å². The van der Waals surface area contributed by atoms with Gasteiger partial charge in [-0.25, -0.2) is 9.78 Å². The summed E-state index contributed by atoms with van der Waals surface area (Å²) < 4.78 is 11.2. The molecule has 0 aliphatic carbocycles. The summed E-state index contributed by atoms with van der Waals surface area (Å²) in [5.41, 5.74) is 0.981. The number of aromatic carboxylic acids is 1. The number of hydrogen-bond acceptors (Lipinski definition) is 4. The fraction of sp³-hybridized carbons (Fsp3) is 0.600. The van der Waals surface area contributed by atoms with Crippen molar-refractivity contribution in [2.45, 2.75) is 45.1 Å². The number of ether oxygens (including phenoxy) is 2. The van der Waals surface area contributed by atoms with Crippen molar-refractivity contribution in [3.63, 3.8) is 0 Å². The average molecular weight is 279 g/mol. The highest BCUT2D eigenvalue weighted by Gasteiger charge is 2.16. The zero-order valence-corrected chi connectivity index (χ0v) is 11.8. The van der Waals surface area contributed by atoms with E-state index in [1.165, 1.54) is 6.07 Å². The fourth-order valence-corrected chi connectivity index (χ4v) is 2.26. The number of aryl methyl sites for hydroxylation is 1. The molecule has 1 aliphatic rings. The zero-order chi connectivity index (χ0) is 14.4. The summed E-state index contributed by atoms with van der Waals surface area (Å²) in [4.78, 5) is 15.5. The number of carboxylic acid groups (broad SMARTS) is 1. The molecule has 0 saturated carbocycles. The Bertz CT molecular complexity index is 455. The lowest BCUT2D eigenvalue weighted by Gasteiger charge is -2.22. The molecule has 1 aromatic rings. The first-order valence-electron chi connectivity index (χ1n) is 7.17. The minimum atomic E-state index is -0.955. The largest absolute Gasteiger partial charge is 0.478 e. The Hall–Kier alpha value is -1.62. The molecule has 5 heteroatoms. The van der Waals surface area contributed by atoms with E-state index >= 15 is 0 Å². The molecule has 2 heterocycles. The van der Waals surface area contributed by atoms with E-state index in [0.717, 1.165) is 44.4 Å². The molecular weight excluding hydrogens is 258 g/mol. The predicted molar refractivity (Wildman–Crippen MR) is 74.3 cm³/mol. The van der Waals surface area contributed by atoms with E-state index in [9.17, 15) is 4.79 Å². The van der Waals surface area contributed by atoms with Gasteiger partial charge in [-0.3, -0.25) is 0 Å². The van der Waals surface area contributed by atoms with E-state index in [4.69, 9.17) is 14.6 Å². The van der Waals surface area contributed by atoms with Gasteiger partial charge >= 0.3 is 5.97 Å². The van der Waals surface area contributed by atoms with Crippen molar-refractivity contribution in [2.75, 3.05) is 13.2 Å². The summed E-state index contributed by atoms with van der Waals surface area (Å²) in [7, 11) is 0. The molecule has 0 amide bonds. The monoisotopic (exact) mass is 279 g/mol. The number of pyridine rings is 1. The van der Waals surface area contributed by atoms with Crippen molar-refractivity contribution in [1.82, 2.24) is 4.98 Å². The third-order valence-electron chi connectivity index (χ3n) is 3.30. The van der Waals surface area contributed by atoms with Crippen LogP contribution in [0.4, 0.5) is 0 Å². The zero-order valence-electron chi connectivity index (χ0n) is 11.8. The number of nitrogens with zero attached hydrogens (tertiary/aromatic N) is 1. The molecule has 2 rings (SSSR count). The standard InChI is InChI=1S/C15H21NO4/c1-2-5-12-8-11(15(17)18)9-14(16-12)20-10-13-6-3-4-7-19-13/h8-9,13H,2-7,10H2,1H3,(H,17,18). The van der Waals surface area contributed by atoms with Crippen LogP contribution in [0.3, 0.4) is 0 Å². The Morgan fingerprint density at radius 2 is 2.35 bits per heavy atom. The third kappa shape index (κ3) is 4.20. The van der Waals surface area contributed by atoms with Crippen LogP contribution in [0.5, 0.6) is 5.88 Å². The topological polar surface area (TPSA) is 68.7 Å². The molecule has 1 atom stereocenters. The van der Waals surface area contributed by atoms with Gasteiger partial charge in [-0.1, -0.05) is 13.3 Å². The maximum atomic E-state index is 11.1. The summed E-state index contributed by atoms with van der Waals surface area (Å²) in [5.74, 6) is -0.578. The van der Waals surface area contributed by atoms with Crippen LogP contribution in [0.25, 0.3) is 0 Å². The molecule has 1 saturated heterocycles. The van der Waals surface area contributed by atoms with E-state index in [1.807, 2.05) is 6.92 Å². The molecule has 1 fully saturated rings. The molecule has 0 spiro atoms. The summed E-state index contributed by atoms with van der Waals surface area (Å²) in [5, 5.41) is 9.11. The minimum Gasteiger partial charge on any atom is -0.478 e. The lowest BCUT2D eigenvalue weighted by Crippen LogP contribution is -2.26. The maximum absolute atomic E-state index is 11.1. The summed E-state index contributed by atoms with van der Waals surface area (Å²) >= 11 is 0. The lowest BCUT2D eigenvalue weighted by molar-refractivity contribution is -0.0119. The van der Waals surface area contributed by atoms with Gasteiger partial charge < -0.3 is 14.6 Å². The minimum absolute atomic E-state index is 0.0914. The number of carboxylic acids is 1. The Morgan fingerprint density at radius 3 is 3.00 bits per heavy atom. The molecule has 110 valence electrons. The van der Waals surface area contributed by atoms with Crippen LogP contribution in [-0.2, 0) is 11.2 Å². The van der Waals surface area contributed by atoms with E-state index < -0.39 is 5.97 Å². The fourth-order valence-electron chi connectivity index (χ4n) is 2.26. The van der Waals surface area contributed by atoms with Crippen LogP contribution in [-0.4, -0.2) is 35.4 Å². The molecule has 5 nitrogen and oxygen atoms in total. The lowest BCUT2D eigenvalue weighted by atomic mass is 10.1. The second kappa shape index (κ2) is 7.24. The van der Waals surface area contributed by atoms with Gasteiger partial charge in [0.1, 0.15) is 6.61 Å². The van der Waals surface area contributed by atoms with Crippen LogP contribution >= 0.6 is 0 Å². The Kier molecular flexibility index (Phi) is 5.35. The summed E-state index contributed by atoms with van der Waals surface area (Å²) in [6, 6.07) is 3.08. The smallest absolute Gasteiger partial charge is 0.335 e. The summed E-state index contributed by atoms with van der Waals surface area (Å²) in [6.07, 6.45) is 4.99. The molecule has 20 heavy (non-hydrogen) atoms. The Labute approximate surface area is 118 Å². The Morgan fingerprint density at radius 1 is 1.50 bits per heavy atom. The van der Waals surface area contributed by atoms with Crippen molar-refractivity contribution in [2.24, 2.45) is 0 Å². The molecular formula is C15H21NO4. The second-order valence-electron chi connectivity index (χ2n) is 5.04. The van der Waals surface area contributed by atoms with Crippen LogP contribution < -0.4 is 4.74 Å². The van der Waals surface area contributed by atoms with E-state index in [1.54, 1.807) is 6.07 Å². The number of rotatable bonds is 6. The van der Waals surface area contributed by atoms with E-state index in [-0.39, 0.29) is 11.7 Å².